The highest BCUT2D eigenvalue weighted by Gasteiger charge is 2.12. The molecule has 0 saturated heterocycles. The Morgan fingerprint density at radius 3 is 2.52 bits per heavy atom. The summed E-state index contributed by atoms with van der Waals surface area (Å²) in [6.07, 6.45) is 1.55. The maximum atomic E-state index is 12.9. The Morgan fingerprint density at radius 1 is 1.06 bits per heavy atom. The van der Waals surface area contributed by atoms with Gasteiger partial charge in [0.25, 0.3) is 0 Å². The molecule has 31 heavy (non-hydrogen) atoms. The Kier molecular flexibility index (Phi) is 7.67. The van der Waals surface area contributed by atoms with E-state index in [1.807, 2.05) is 13.0 Å². The van der Waals surface area contributed by atoms with Crippen LogP contribution in [-0.4, -0.2) is 23.9 Å². The predicted octanol–water partition coefficient (Wildman–Crippen LogP) is 4.76. The van der Waals surface area contributed by atoms with Crippen molar-refractivity contribution in [2.45, 2.75) is 6.92 Å². The van der Waals surface area contributed by atoms with E-state index in [-0.39, 0.29) is 10.9 Å². The van der Waals surface area contributed by atoms with Crippen LogP contribution in [0.15, 0.2) is 77.9 Å². The van der Waals surface area contributed by atoms with Gasteiger partial charge < -0.3 is 14.8 Å². The molecule has 0 atom stereocenters. The first kappa shape index (κ1) is 21.9. The van der Waals surface area contributed by atoms with Crippen LogP contribution in [0.5, 0.6) is 11.5 Å². The van der Waals surface area contributed by atoms with Crippen LogP contribution in [0.3, 0.4) is 0 Å². The van der Waals surface area contributed by atoms with E-state index in [4.69, 9.17) is 21.7 Å². The highest BCUT2D eigenvalue weighted by molar-refractivity contribution is 7.80. The SMILES string of the molecule is CCOc1cc(C=NNC(=S)Nc2ccc(F)cc2)ccc1OC(=O)c1ccccc1. The molecule has 0 aliphatic rings. The zero-order chi connectivity index (χ0) is 22.1. The van der Waals surface area contributed by atoms with Gasteiger partial charge in [0.1, 0.15) is 5.82 Å². The molecule has 8 heteroatoms. The number of carbonyl (C=O) groups is 1. The van der Waals surface area contributed by atoms with Crippen LogP contribution in [0.25, 0.3) is 0 Å². The van der Waals surface area contributed by atoms with E-state index in [1.54, 1.807) is 60.8 Å². The smallest absolute Gasteiger partial charge is 0.343 e. The zero-order valence-electron chi connectivity index (χ0n) is 16.7. The molecule has 0 aromatic heterocycles. The number of thiocarbonyl (C=S) groups is 1. The topological polar surface area (TPSA) is 71.9 Å². The number of anilines is 1. The molecule has 0 radical (unpaired) electrons. The Morgan fingerprint density at radius 2 is 1.81 bits per heavy atom. The van der Waals surface area contributed by atoms with Crippen molar-refractivity contribution in [1.29, 1.82) is 0 Å². The third-order valence-electron chi connectivity index (χ3n) is 3.96. The largest absolute Gasteiger partial charge is 0.490 e. The third kappa shape index (κ3) is 6.61. The first-order valence-corrected chi connectivity index (χ1v) is 9.85. The van der Waals surface area contributed by atoms with Gasteiger partial charge in [-0.25, -0.2) is 9.18 Å². The Bertz CT molecular complexity index is 1070. The van der Waals surface area contributed by atoms with Crippen LogP contribution in [0, 0.1) is 5.82 Å². The minimum Gasteiger partial charge on any atom is -0.490 e. The molecule has 0 bridgehead atoms. The summed E-state index contributed by atoms with van der Waals surface area (Å²) >= 11 is 5.15. The fraction of sp³-hybridized carbons (Fsp3) is 0.0870. The number of nitrogens with one attached hydrogen (secondary N) is 2. The van der Waals surface area contributed by atoms with Gasteiger partial charge in [-0.3, -0.25) is 5.43 Å². The summed E-state index contributed by atoms with van der Waals surface area (Å²) in [4.78, 5) is 12.3. The lowest BCUT2D eigenvalue weighted by Gasteiger charge is -2.11. The summed E-state index contributed by atoms with van der Waals surface area (Å²) in [5.74, 6) is -0.0654. The second-order valence-corrected chi connectivity index (χ2v) is 6.63. The summed E-state index contributed by atoms with van der Waals surface area (Å²) < 4.78 is 24.0. The maximum Gasteiger partial charge on any atom is 0.343 e. The summed E-state index contributed by atoms with van der Waals surface area (Å²) in [5, 5.41) is 7.22. The van der Waals surface area contributed by atoms with Gasteiger partial charge in [0.15, 0.2) is 16.6 Å². The number of nitrogens with zero attached hydrogens (tertiary/aromatic N) is 1. The number of halogens is 1. The van der Waals surface area contributed by atoms with Gasteiger partial charge in [-0.15, -0.1) is 0 Å². The van der Waals surface area contributed by atoms with Gasteiger partial charge in [-0.1, -0.05) is 18.2 Å². The lowest BCUT2D eigenvalue weighted by atomic mass is 10.2. The quantitative estimate of drug-likeness (QED) is 0.183. The number of carbonyl (C=O) groups excluding carboxylic acids is 1. The molecule has 0 amide bonds. The summed E-state index contributed by atoms with van der Waals surface area (Å²) in [5.41, 5.74) is 4.47. The van der Waals surface area contributed by atoms with Gasteiger partial charge in [0, 0.05) is 5.69 Å². The molecule has 0 aliphatic carbocycles. The summed E-state index contributed by atoms with van der Waals surface area (Å²) in [6.45, 7) is 2.24. The van der Waals surface area contributed by atoms with E-state index in [2.05, 4.69) is 15.8 Å². The van der Waals surface area contributed by atoms with E-state index < -0.39 is 5.97 Å². The third-order valence-corrected chi connectivity index (χ3v) is 4.15. The number of benzene rings is 3. The standard InChI is InChI=1S/C23H20FN3O3S/c1-2-29-21-14-16(8-13-20(21)30-22(28)17-6-4-3-5-7-17)15-25-27-23(31)26-19-11-9-18(24)10-12-19/h3-15H,2H2,1H3,(H2,26,27,31). The number of hydrazone groups is 1. The number of hydrogen-bond acceptors (Lipinski definition) is 5. The second kappa shape index (κ2) is 10.8. The van der Waals surface area contributed by atoms with Crippen LogP contribution in [-0.2, 0) is 0 Å². The molecule has 3 rings (SSSR count). The molecule has 158 valence electrons. The van der Waals surface area contributed by atoms with Crippen molar-refractivity contribution >= 4 is 35.2 Å². The van der Waals surface area contributed by atoms with Crippen molar-refractivity contribution in [2.75, 3.05) is 11.9 Å². The van der Waals surface area contributed by atoms with Crippen molar-refractivity contribution in [1.82, 2.24) is 5.43 Å². The van der Waals surface area contributed by atoms with Gasteiger partial charge >= 0.3 is 5.97 Å². The molecule has 3 aromatic carbocycles. The molecule has 0 spiro atoms. The molecule has 0 aliphatic heterocycles. The van der Waals surface area contributed by atoms with E-state index in [1.165, 1.54) is 12.1 Å². The Hall–Kier alpha value is -3.78. The molecule has 0 unspecified atom stereocenters. The molecule has 2 N–H and O–H groups in total. The van der Waals surface area contributed by atoms with Crippen LogP contribution in [0.2, 0.25) is 0 Å². The number of esters is 1. The van der Waals surface area contributed by atoms with Crippen molar-refractivity contribution in [3.63, 3.8) is 0 Å². The Labute approximate surface area is 184 Å². The lowest BCUT2D eigenvalue weighted by molar-refractivity contribution is 0.0728. The fourth-order valence-electron chi connectivity index (χ4n) is 2.55. The van der Waals surface area contributed by atoms with Crippen LogP contribution >= 0.6 is 12.2 Å². The monoisotopic (exact) mass is 437 g/mol. The minimum absolute atomic E-state index is 0.251. The lowest BCUT2D eigenvalue weighted by Crippen LogP contribution is -2.23. The van der Waals surface area contributed by atoms with Crippen LogP contribution in [0.4, 0.5) is 10.1 Å². The molecule has 0 saturated carbocycles. The van der Waals surface area contributed by atoms with Gasteiger partial charge in [0.2, 0.25) is 0 Å². The van der Waals surface area contributed by atoms with E-state index >= 15 is 0 Å². The van der Waals surface area contributed by atoms with Gasteiger partial charge in [0.05, 0.1) is 18.4 Å². The number of rotatable bonds is 7. The second-order valence-electron chi connectivity index (χ2n) is 6.23. The van der Waals surface area contributed by atoms with Crippen molar-refractivity contribution in [3.8, 4) is 11.5 Å². The number of hydrogen-bond donors (Lipinski definition) is 2. The summed E-state index contributed by atoms with van der Waals surface area (Å²) in [6, 6.07) is 19.6. The average molecular weight is 437 g/mol. The van der Waals surface area contributed by atoms with Crippen molar-refractivity contribution in [3.05, 3.63) is 89.7 Å². The molecular weight excluding hydrogens is 417 g/mol. The first-order valence-electron chi connectivity index (χ1n) is 9.45. The molecule has 6 nitrogen and oxygen atoms in total. The highest BCUT2D eigenvalue weighted by atomic mass is 32.1. The van der Waals surface area contributed by atoms with Crippen molar-refractivity contribution < 1.29 is 18.7 Å². The minimum atomic E-state index is -0.471. The summed E-state index contributed by atoms with van der Waals surface area (Å²) in [7, 11) is 0. The van der Waals surface area contributed by atoms with Gasteiger partial charge in [-0.2, -0.15) is 5.10 Å². The zero-order valence-corrected chi connectivity index (χ0v) is 17.5. The fourth-order valence-corrected chi connectivity index (χ4v) is 2.72. The maximum absolute atomic E-state index is 12.9. The first-order chi connectivity index (χ1) is 15.0. The predicted molar refractivity (Wildman–Crippen MR) is 122 cm³/mol. The molecular formula is C23H20FN3O3S. The van der Waals surface area contributed by atoms with E-state index in [9.17, 15) is 9.18 Å². The molecule has 0 fully saturated rings. The highest BCUT2D eigenvalue weighted by Crippen LogP contribution is 2.29. The van der Waals surface area contributed by atoms with Crippen molar-refractivity contribution in [2.24, 2.45) is 5.10 Å². The Balaban J connectivity index is 1.63. The van der Waals surface area contributed by atoms with Crippen LogP contribution < -0.4 is 20.2 Å². The number of ether oxygens (including phenoxy) is 2. The molecule has 3 aromatic rings. The van der Waals surface area contributed by atoms with E-state index in [0.29, 0.717) is 34.9 Å². The normalized spacial score (nSPS) is 10.5. The molecule has 0 heterocycles. The van der Waals surface area contributed by atoms with E-state index in [0.717, 1.165) is 0 Å². The van der Waals surface area contributed by atoms with Gasteiger partial charge in [-0.05, 0) is 79.3 Å². The van der Waals surface area contributed by atoms with Crippen LogP contribution in [0.1, 0.15) is 22.8 Å². The average Bonchev–Trinajstić information content (AvgIpc) is 2.78.